The molecule has 2 fully saturated rings. The van der Waals surface area contributed by atoms with Crippen molar-refractivity contribution in [2.75, 3.05) is 24.5 Å². The molecule has 0 bridgehead atoms. The lowest BCUT2D eigenvalue weighted by atomic mass is 9.83. The maximum absolute atomic E-state index is 5.41. The SMILES string of the molecule is c1cc2ncc(N3C[C@@H]4CNCC[C@@H]43)cc2o1. The minimum atomic E-state index is 0.700. The molecule has 0 aromatic carbocycles. The standard InChI is InChI=1S/C13H15N3O/c1-3-14-6-9-8-16(12(1)9)10-5-13-11(15-7-10)2-4-17-13/h2,4-5,7,9,12,14H,1,3,6,8H2/t9-,12-/m0/s1. The number of nitrogens with zero attached hydrogens (tertiary/aromatic N) is 2. The van der Waals surface area contributed by atoms with Crippen LogP contribution < -0.4 is 10.2 Å². The fraction of sp³-hybridized carbons (Fsp3) is 0.462. The normalized spacial score (nSPS) is 27.9. The Morgan fingerprint density at radius 1 is 1.47 bits per heavy atom. The maximum atomic E-state index is 5.41. The van der Waals surface area contributed by atoms with Gasteiger partial charge in [0.1, 0.15) is 5.52 Å². The van der Waals surface area contributed by atoms with Crippen LogP contribution in [0.4, 0.5) is 5.69 Å². The highest BCUT2D eigenvalue weighted by molar-refractivity contribution is 5.76. The lowest BCUT2D eigenvalue weighted by Crippen LogP contribution is -2.63. The van der Waals surface area contributed by atoms with Crippen molar-refractivity contribution in [2.45, 2.75) is 12.5 Å². The van der Waals surface area contributed by atoms with E-state index in [4.69, 9.17) is 4.42 Å². The largest absolute Gasteiger partial charge is 0.463 e. The van der Waals surface area contributed by atoms with Crippen molar-refractivity contribution in [2.24, 2.45) is 5.92 Å². The predicted molar refractivity (Wildman–Crippen MR) is 66.1 cm³/mol. The first-order valence-corrected chi connectivity index (χ1v) is 6.22. The molecule has 2 saturated heterocycles. The predicted octanol–water partition coefficient (Wildman–Crippen LogP) is 1.63. The van der Waals surface area contributed by atoms with Gasteiger partial charge in [-0.3, -0.25) is 4.98 Å². The van der Waals surface area contributed by atoms with E-state index in [9.17, 15) is 0 Å². The van der Waals surface area contributed by atoms with Crippen molar-refractivity contribution >= 4 is 16.8 Å². The summed E-state index contributed by atoms with van der Waals surface area (Å²) in [5, 5.41) is 3.45. The third kappa shape index (κ3) is 1.37. The van der Waals surface area contributed by atoms with Gasteiger partial charge >= 0.3 is 0 Å². The van der Waals surface area contributed by atoms with Crippen LogP contribution in [0.25, 0.3) is 11.1 Å². The van der Waals surface area contributed by atoms with Crippen molar-refractivity contribution in [3.63, 3.8) is 0 Å². The molecule has 0 aliphatic carbocycles. The van der Waals surface area contributed by atoms with E-state index in [1.165, 1.54) is 12.1 Å². The van der Waals surface area contributed by atoms with Gasteiger partial charge in [-0.2, -0.15) is 0 Å². The minimum absolute atomic E-state index is 0.700. The molecule has 2 aliphatic rings. The summed E-state index contributed by atoms with van der Waals surface area (Å²) in [6, 6.07) is 4.72. The Morgan fingerprint density at radius 3 is 3.41 bits per heavy atom. The van der Waals surface area contributed by atoms with Gasteiger partial charge in [-0.25, -0.2) is 0 Å². The Kier molecular flexibility index (Phi) is 1.93. The summed E-state index contributed by atoms with van der Waals surface area (Å²) < 4.78 is 5.41. The summed E-state index contributed by atoms with van der Waals surface area (Å²) in [6.45, 7) is 3.44. The van der Waals surface area contributed by atoms with Gasteiger partial charge in [0.15, 0.2) is 5.58 Å². The average molecular weight is 229 g/mol. The van der Waals surface area contributed by atoms with Gasteiger partial charge in [0.2, 0.25) is 0 Å². The molecule has 0 amide bonds. The number of rotatable bonds is 1. The van der Waals surface area contributed by atoms with E-state index in [0.717, 1.165) is 36.7 Å². The molecule has 2 aromatic heterocycles. The Balaban J connectivity index is 1.65. The minimum Gasteiger partial charge on any atom is -0.463 e. The number of hydrogen-bond acceptors (Lipinski definition) is 4. The summed E-state index contributed by atoms with van der Waals surface area (Å²) in [4.78, 5) is 6.89. The Morgan fingerprint density at radius 2 is 2.47 bits per heavy atom. The van der Waals surface area contributed by atoms with Crippen molar-refractivity contribution in [3.8, 4) is 0 Å². The molecule has 0 saturated carbocycles. The van der Waals surface area contributed by atoms with E-state index in [-0.39, 0.29) is 0 Å². The van der Waals surface area contributed by atoms with Crippen molar-refractivity contribution in [1.82, 2.24) is 10.3 Å². The van der Waals surface area contributed by atoms with E-state index in [2.05, 4.69) is 21.3 Å². The lowest BCUT2D eigenvalue weighted by Gasteiger charge is -2.52. The Labute approximate surface area is 99.6 Å². The summed E-state index contributed by atoms with van der Waals surface area (Å²) in [6.07, 6.45) is 4.90. The van der Waals surface area contributed by atoms with E-state index >= 15 is 0 Å². The second-order valence-electron chi connectivity index (χ2n) is 4.97. The highest BCUT2D eigenvalue weighted by atomic mass is 16.3. The van der Waals surface area contributed by atoms with Crippen LogP contribution in [0.15, 0.2) is 29.0 Å². The average Bonchev–Trinajstić information content (AvgIpc) is 2.78. The van der Waals surface area contributed by atoms with Crippen LogP contribution in [-0.2, 0) is 0 Å². The topological polar surface area (TPSA) is 41.3 Å². The Bertz CT molecular complexity index is 550. The third-order valence-electron chi connectivity index (χ3n) is 4.02. The molecule has 0 radical (unpaired) electrons. The van der Waals surface area contributed by atoms with Gasteiger partial charge < -0.3 is 14.6 Å². The molecule has 88 valence electrons. The number of anilines is 1. The van der Waals surface area contributed by atoms with Crippen molar-refractivity contribution < 1.29 is 4.42 Å². The van der Waals surface area contributed by atoms with Gasteiger partial charge in [-0.15, -0.1) is 0 Å². The molecule has 0 spiro atoms. The number of pyridine rings is 1. The molecule has 2 aliphatic heterocycles. The molecule has 4 heteroatoms. The number of nitrogens with one attached hydrogen (secondary N) is 1. The third-order valence-corrected chi connectivity index (χ3v) is 4.02. The zero-order chi connectivity index (χ0) is 11.2. The number of piperidine rings is 1. The van der Waals surface area contributed by atoms with Crippen LogP contribution in [0.5, 0.6) is 0 Å². The van der Waals surface area contributed by atoms with Crippen molar-refractivity contribution in [3.05, 3.63) is 24.6 Å². The molecule has 4 nitrogen and oxygen atoms in total. The molecule has 17 heavy (non-hydrogen) atoms. The Hall–Kier alpha value is -1.55. The van der Waals surface area contributed by atoms with Crippen molar-refractivity contribution in [1.29, 1.82) is 0 Å². The van der Waals surface area contributed by atoms with E-state index in [1.54, 1.807) is 6.26 Å². The first kappa shape index (κ1) is 9.48. The molecule has 4 rings (SSSR count). The molecule has 4 heterocycles. The molecule has 2 aromatic rings. The fourth-order valence-corrected chi connectivity index (χ4v) is 3.05. The highest BCUT2D eigenvalue weighted by Gasteiger charge is 2.40. The first-order valence-electron chi connectivity index (χ1n) is 6.22. The maximum Gasteiger partial charge on any atom is 0.154 e. The van der Waals surface area contributed by atoms with Gasteiger partial charge in [-0.1, -0.05) is 0 Å². The van der Waals surface area contributed by atoms with Gasteiger partial charge in [-0.05, 0) is 13.0 Å². The van der Waals surface area contributed by atoms with Gasteiger partial charge in [0, 0.05) is 37.2 Å². The van der Waals surface area contributed by atoms with Gasteiger partial charge in [0.25, 0.3) is 0 Å². The van der Waals surface area contributed by atoms with Crippen LogP contribution in [0.3, 0.4) is 0 Å². The molecular formula is C13H15N3O. The van der Waals surface area contributed by atoms with E-state index in [1.807, 2.05) is 12.3 Å². The summed E-state index contributed by atoms with van der Waals surface area (Å²) in [7, 11) is 0. The van der Waals surface area contributed by atoms with E-state index in [0.29, 0.717) is 6.04 Å². The monoisotopic (exact) mass is 229 g/mol. The zero-order valence-corrected chi connectivity index (χ0v) is 9.60. The van der Waals surface area contributed by atoms with Crippen LogP contribution in [0, 0.1) is 5.92 Å². The second-order valence-corrected chi connectivity index (χ2v) is 4.97. The first-order chi connectivity index (χ1) is 8.42. The number of furan rings is 1. The summed E-state index contributed by atoms with van der Waals surface area (Å²) in [5.41, 5.74) is 3.03. The fourth-order valence-electron chi connectivity index (χ4n) is 3.05. The summed E-state index contributed by atoms with van der Waals surface area (Å²) in [5.74, 6) is 0.816. The molecule has 0 unspecified atom stereocenters. The van der Waals surface area contributed by atoms with Crippen LogP contribution in [0.2, 0.25) is 0 Å². The number of aromatic nitrogens is 1. The second kappa shape index (κ2) is 3.47. The van der Waals surface area contributed by atoms with Gasteiger partial charge in [0.05, 0.1) is 18.1 Å². The molecular weight excluding hydrogens is 214 g/mol. The van der Waals surface area contributed by atoms with Crippen LogP contribution in [0.1, 0.15) is 6.42 Å². The smallest absolute Gasteiger partial charge is 0.154 e. The molecule has 1 N–H and O–H groups in total. The zero-order valence-electron chi connectivity index (χ0n) is 9.60. The number of fused-ring (bicyclic) bond motifs is 2. The van der Waals surface area contributed by atoms with Crippen LogP contribution in [-0.4, -0.2) is 30.7 Å². The molecule has 2 atom stereocenters. The highest BCUT2D eigenvalue weighted by Crippen LogP contribution is 2.35. The summed E-state index contributed by atoms with van der Waals surface area (Å²) >= 11 is 0. The van der Waals surface area contributed by atoms with E-state index < -0.39 is 0 Å². The quantitative estimate of drug-likeness (QED) is 0.807. The number of hydrogen-bond donors (Lipinski definition) is 1. The van der Waals surface area contributed by atoms with Crippen LogP contribution >= 0.6 is 0 Å². The lowest BCUT2D eigenvalue weighted by molar-refractivity contribution is 0.230.